The minimum Gasteiger partial charge on any atom is -0.356 e. The van der Waals surface area contributed by atoms with Gasteiger partial charge in [-0.3, -0.25) is 4.79 Å². The van der Waals surface area contributed by atoms with Crippen molar-refractivity contribution in [3.8, 4) is 0 Å². The van der Waals surface area contributed by atoms with Crippen molar-refractivity contribution in [3.05, 3.63) is 12.0 Å². The van der Waals surface area contributed by atoms with E-state index in [1.165, 1.54) is 6.20 Å². The lowest BCUT2D eigenvalue weighted by atomic mass is 9.78. The molecule has 0 radical (unpaired) electrons. The van der Waals surface area contributed by atoms with Crippen LogP contribution in [-0.2, 0) is 4.79 Å². The summed E-state index contributed by atoms with van der Waals surface area (Å²) in [6.07, 6.45) is 6.00. The number of piperidine rings is 1. The molecule has 0 saturated carbocycles. The van der Waals surface area contributed by atoms with Gasteiger partial charge in [-0.1, -0.05) is 0 Å². The number of anilines is 2. The van der Waals surface area contributed by atoms with Crippen LogP contribution in [0.3, 0.4) is 0 Å². The SMILES string of the molecule is O=C1CC2(CCN(c3ncc(F)c(N4CCCC4)n3)CC2)CN1. The van der Waals surface area contributed by atoms with Gasteiger partial charge in [-0.25, -0.2) is 9.37 Å². The molecule has 1 spiro atoms. The molecule has 1 aromatic rings. The highest BCUT2D eigenvalue weighted by Gasteiger charge is 2.41. The maximum Gasteiger partial charge on any atom is 0.227 e. The monoisotopic (exact) mass is 319 g/mol. The molecule has 3 fully saturated rings. The van der Waals surface area contributed by atoms with Crippen molar-refractivity contribution in [3.63, 3.8) is 0 Å². The van der Waals surface area contributed by atoms with Gasteiger partial charge in [0.2, 0.25) is 11.9 Å². The zero-order valence-corrected chi connectivity index (χ0v) is 13.2. The number of hydrogen-bond donors (Lipinski definition) is 1. The first-order valence-corrected chi connectivity index (χ1v) is 8.44. The highest BCUT2D eigenvalue weighted by Crippen LogP contribution is 2.38. The fraction of sp³-hybridized carbons (Fsp3) is 0.688. The Bertz CT molecular complexity index is 608. The van der Waals surface area contributed by atoms with E-state index in [0.29, 0.717) is 18.2 Å². The van der Waals surface area contributed by atoms with Gasteiger partial charge in [0.1, 0.15) is 0 Å². The molecule has 1 amide bonds. The van der Waals surface area contributed by atoms with Crippen LogP contribution in [0.2, 0.25) is 0 Å². The standard InChI is InChI=1S/C16H22FN5O/c17-12-10-18-15(20-14(12)21-5-1-2-6-21)22-7-3-16(4-8-22)9-13(23)19-11-16/h10H,1-9,11H2,(H,19,23). The lowest BCUT2D eigenvalue weighted by molar-refractivity contribution is -0.119. The second-order valence-electron chi connectivity index (χ2n) is 6.98. The van der Waals surface area contributed by atoms with Crippen molar-refractivity contribution < 1.29 is 9.18 Å². The smallest absolute Gasteiger partial charge is 0.227 e. The van der Waals surface area contributed by atoms with Gasteiger partial charge in [0.15, 0.2) is 11.6 Å². The summed E-state index contributed by atoms with van der Waals surface area (Å²) in [6, 6.07) is 0. The van der Waals surface area contributed by atoms with Gasteiger partial charge in [-0.05, 0) is 31.1 Å². The maximum atomic E-state index is 14.0. The molecule has 0 aromatic carbocycles. The predicted molar refractivity (Wildman–Crippen MR) is 84.9 cm³/mol. The van der Waals surface area contributed by atoms with Gasteiger partial charge in [0.05, 0.1) is 6.20 Å². The van der Waals surface area contributed by atoms with Crippen LogP contribution < -0.4 is 15.1 Å². The van der Waals surface area contributed by atoms with E-state index in [2.05, 4.69) is 20.2 Å². The summed E-state index contributed by atoms with van der Waals surface area (Å²) in [5.41, 5.74) is 0.103. The number of rotatable bonds is 2. The number of carbonyl (C=O) groups excluding carboxylic acids is 1. The topological polar surface area (TPSA) is 61.4 Å². The van der Waals surface area contributed by atoms with E-state index < -0.39 is 0 Å². The summed E-state index contributed by atoms with van der Waals surface area (Å²) in [5.74, 6) is 0.869. The van der Waals surface area contributed by atoms with E-state index in [0.717, 1.165) is 58.4 Å². The van der Waals surface area contributed by atoms with Gasteiger partial charge in [-0.2, -0.15) is 4.98 Å². The van der Waals surface area contributed by atoms with Gasteiger partial charge in [-0.15, -0.1) is 0 Å². The Morgan fingerprint density at radius 3 is 2.52 bits per heavy atom. The number of halogens is 1. The fourth-order valence-corrected chi connectivity index (χ4v) is 3.94. The summed E-state index contributed by atoms with van der Waals surface area (Å²) in [6.45, 7) is 4.15. The predicted octanol–water partition coefficient (Wildman–Crippen LogP) is 1.32. The summed E-state index contributed by atoms with van der Waals surface area (Å²) in [5, 5.41) is 2.94. The molecule has 1 aromatic heterocycles. The van der Waals surface area contributed by atoms with Crippen molar-refractivity contribution >= 4 is 17.7 Å². The number of aromatic nitrogens is 2. The second kappa shape index (κ2) is 5.62. The van der Waals surface area contributed by atoms with Crippen LogP contribution in [0.4, 0.5) is 16.2 Å². The molecule has 3 aliphatic rings. The number of amides is 1. The molecule has 3 saturated heterocycles. The van der Waals surface area contributed by atoms with Crippen LogP contribution in [0.15, 0.2) is 6.20 Å². The summed E-state index contributed by atoms with van der Waals surface area (Å²) < 4.78 is 14.0. The van der Waals surface area contributed by atoms with E-state index in [4.69, 9.17) is 0 Å². The Hall–Kier alpha value is -1.92. The molecular weight excluding hydrogens is 297 g/mol. The number of carbonyl (C=O) groups is 1. The molecule has 1 N–H and O–H groups in total. The molecule has 124 valence electrons. The van der Waals surface area contributed by atoms with Crippen LogP contribution in [0.25, 0.3) is 0 Å². The molecule has 7 heteroatoms. The van der Waals surface area contributed by atoms with E-state index in [1.54, 1.807) is 0 Å². The maximum absolute atomic E-state index is 14.0. The Labute approximate surface area is 135 Å². The number of nitrogens with one attached hydrogen (secondary N) is 1. The van der Waals surface area contributed by atoms with Crippen molar-refractivity contribution in [2.24, 2.45) is 5.41 Å². The third kappa shape index (κ3) is 2.72. The third-order valence-electron chi connectivity index (χ3n) is 5.42. The fourth-order valence-electron chi connectivity index (χ4n) is 3.94. The van der Waals surface area contributed by atoms with Crippen molar-refractivity contribution in [2.75, 3.05) is 42.5 Å². The third-order valence-corrected chi connectivity index (χ3v) is 5.42. The van der Waals surface area contributed by atoms with Gasteiger partial charge in [0, 0.05) is 39.1 Å². The van der Waals surface area contributed by atoms with Gasteiger partial charge < -0.3 is 15.1 Å². The van der Waals surface area contributed by atoms with Crippen LogP contribution in [0.5, 0.6) is 0 Å². The number of hydrogen-bond acceptors (Lipinski definition) is 5. The summed E-state index contributed by atoms with van der Waals surface area (Å²) in [7, 11) is 0. The normalized spacial score (nSPS) is 23.6. The molecule has 6 nitrogen and oxygen atoms in total. The molecule has 0 aliphatic carbocycles. The molecule has 4 rings (SSSR count). The minimum absolute atomic E-state index is 0.103. The lowest BCUT2D eigenvalue weighted by Gasteiger charge is -2.38. The van der Waals surface area contributed by atoms with Gasteiger partial charge in [0.25, 0.3) is 0 Å². The Kier molecular flexibility index (Phi) is 3.58. The zero-order valence-electron chi connectivity index (χ0n) is 13.2. The second-order valence-corrected chi connectivity index (χ2v) is 6.98. The van der Waals surface area contributed by atoms with Gasteiger partial charge >= 0.3 is 0 Å². The largest absolute Gasteiger partial charge is 0.356 e. The first kappa shape index (κ1) is 14.7. The molecule has 3 aliphatic heterocycles. The summed E-state index contributed by atoms with van der Waals surface area (Å²) >= 11 is 0. The molecule has 4 heterocycles. The zero-order chi connectivity index (χ0) is 15.9. The molecule has 0 unspecified atom stereocenters. The van der Waals surface area contributed by atoms with Crippen LogP contribution in [-0.4, -0.2) is 48.6 Å². The van der Waals surface area contributed by atoms with Crippen molar-refractivity contribution in [2.45, 2.75) is 32.1 Å². The van der Waals surface area contributed by atoms with Crippen molar-refractivity contribution in [1.82, 2.24) is 15.3 Å². The average molecular weight is 319 g/mol. The van der Waals surface area contributed by atoms with Crippen LogP contribution >= 0.6 is 0 Å². The molecular formula is C16H22FN5O. The van der Waals surface area contributed by atoms with E-state index in [9.17, 15) is 9.18 Å². The molecule has 23 heavy (non-hydrogen) atoms. The highest BCUT2D eigenvalue weighted by molar-refractivity contribution is 5.79. The Balaban J connectivity index is 1.48. The Morgan fingerprint density at radius 1 is 1.13 bits per heavy atom. The highest BCUT2D eigenvalue weighted by atomic mass is 19.1. The van der Waals surface area contributed by atoms with E-state index in [-0.39, 0.29) is 17.1 Å². The molecule has 0 bridgehead atoms. The lowest BCUT2D eigenvalue weighted by Crippen LogP contribution is -2.42. The Morgan fingerprint density at radius 2 is 1.87 bits per heavy atom. The first-order chi connectivity index (χ1) is 11.2. The first-order valence-electron chi connectivity index (χ1n) is 8.44. The summed E-state index contributed by atoms with van der Waals surface area (Å²) in [4.78, 5) is 24.3. The van der Waals surface area contributed by atoms with Crippen LogP contribution in [0, 0.1) is 11.2 Å². The number of nitrogens with zero attached hydrogens (tertiary/aromatic N) is 4. The van der Waals surface area contributed by atoms with E-state index in [1.807, 2.05) is 4.90 Å². The van der Waals surface area contributed by atoms with E-state index >= 15 is 0 Å². The van der Waals surface area contributed by atoms with Crippen molar-refractivity contribution in [1.29, 1.82) is 0 Å². The average Bonchev–Trinajstić information content (AvgIpc) is 3.20. The van der Waals surface area contributed by atoms with Crippen LogP contribution in [0.1, 0.15) is 32.1 Å². The molecule has 0 atom stereocenters. The quantitative estimate of drug-likeness (QED) is 0.891. The minimum atomic E-state index is -0.338.